The number of methoxy groups -OCH3 is 1. The van der Waals surface area contributed by atoms with E-state index < -0.39 is 83.5 Å². The normalized spacial score (nSPS) is 35.4. The molecular weight excluding hydrogens is 815 g/mol. The summed E-state index contributed by atoms with van der Waals surface area (Å²) < 4.78 is 33.4. The van der Waals surface area contributed by atoms with Gasteiger partial charge in [-0.05, 0) is 71.9 Å². The lowest BCUT2D eigenvalue weighted by molar-refractivity contribution is -0.296. The molecule has 3 fully saturated rings. The molecule has 0 aliphatic carbocycles. The lowest BCUT2D eigenvalue weighted by atomic mass is 9.73. The average molecular weight is 882 g/mol. The van der Waals surface area contributed by atoms with E-state index in [1.54, 1.807) is 29.1 Å². The van der Waals surface area contributed by atoms with E-state index in [9.17, 15) is 24.3 Å². The molecule has 4 aliphatic heterocycles. The first-order valence-electron chi connectivity index (χ1n) is 22.3. The van der Waals surface area contributed by atoms with Gasteiger partial charge in [0, 0.05) is 62.3 Å². The van der Waals surface area contributed by atoms with Crippen molar-refractivity contribution in [1.29, 1.82) is 0 Å². The predicted octanol–water partition coefficient (Wildman–Crippen LogP) is 4.19. The van der Waals surface area contributed by atoms with Crippen LogP contribution in [0.5, 0.6) is 0 Å². The number of aliphatic imine (C=N–C) groups is 1. The van der Waals surface area contributed by atoms with Gasteiger partial charge in [-0.1, -0.05) is 57.2 Å². The van der Waals surface area contributed by atoms with Crippen molar-refractivity contribution in [2.24, 2.45) is 28.7 Å². The standard InChI is InChI=1S/C45H67N7O11/c1-11-34-45(8)39-27(4)36(46-18-20-52(39)43(57)63-45)25(2)22-44(7,59-10)40(28(5)37(54)29(6)41(56)61-34)62-42-38(55)33(21-26(3)60-42)50(9)23-30-14-16-31(17-15-30)32-24-51(49-47-32)19-12-13-35(53)48-58/h14-17,24-29,33-34,38-40,42,55,58H,11-13,18-23H2,1-10H3,(H,48,53)/t25-,26-,27+,28+,29-,33+,34-,38-,39-,40-,42+,44+,45-/m1/s1. The number of hydrogen-bond donors (Lipinski definition) is 3. The number of aryl methyl sites for hydroxylation is 1. The van der Waals surface area contributed by atoms with Gasteiger partial charge in [-0.25, -0.2) is 10.3 Å². The number of nitrogens with one attached hydrogen (secondary N) is 1. The number of hydrogen-bond acceptors (Lipinski definition) is 15. The van der Waals surface area contributed by atoms with Crippen molar-refractivity contribution in [3.8, 4) is 11.3 Å². The number of hydroxylamine groups is 1. The number of ether oxygens (including phenoxy) is 5. The quantitative estimate of drug-likeness (QED) is 0.118. The topological polar surface area (TPSA) is 216 Å². The maximum Gasteiger partial charge on any atom is 0.410 e. The van der Waals surface area contributed by atoms with E-state index in [4.69, 9.17) is 33.9 Å². The van der Waals surface area contributed by atoms with E-state index in [1.165, 1.54) is 6.92 Å². The second-order valence-electron chi connectivity index (χ2n) is 18.4. The molecule has 3 N–H and O–H groups in total. The Bertz CT molecular complexity index is 1980. The molecule has 348 valence electrons. The molecule has 0 unspecified atom stereocenters. The van der Waals surface area contributed by atoms with Gasteiger partial charge in [0.1, 0.15) is 23.8 Å². The third-order valence-electron chi connectivity index (χ3n) is 13.9. The molecule has 63 heavy (non-hydrogen) atoms. The fourth-order valence-electron chi connectivity index (χ4n) is 10.4. The monoisotopic (exact) mass is 881 g/mol. The van der Waals surface area contributed by atoms with Gasteiger partial charge in [-0.2, -0.15) is 0 Å². The molecule has 2 bridgehead atoms. The minimum Gasteiger partial charge on any atom is -0.458 e. The van der Waals surface area contributed by atoms with Gasteiger partial charge in [0.15, 0.2) is 17.7 Å². The van der Waals surface area contributed by atoms with Crippen LogP contribution in [0.2, 0.25) is 0 Å². The first kappa shape index (κ1) is 48.1. The molecule has 6 rings (SSSR count). The van der Waals surface area contributed by atoms with E-state index >= 15 is 0 Å². The van der Waals surface area contributed by atoms with Crippen LogP contribution >= 0.6 is 0 Å². The van der Waals surface area contributed by atoms with Gasteiger partial charge in [0.2, 0.25) is 5.91 Å². The highest BCUT2D eigenvalue weighted by atomic mass is 16.7. The van der Waals surface area contributed by atoms with E-state index in [1.807, 2.05) is 72.1 Å². The Balaban J connectivity index is 1.22. The van der Waals surface area contributed by atoms with Crippen molar-refractivity contribution < 1.29 is 53.2 Å². The van der Waals surface area contributed by atoms with Crippen molar-refractivity contribution in [3.63, 3.8) is 0 Å². The molecule has 13 atom stereocenters. The maximum atomic E-state index is 14.5. The van der Waals surface area contributed by atoms with Gasteiger partial charge in [-0.3, -0.25) is 39.1 Å². The predicted molar refractivity (Wildman–Crippen MR) is 229 cm³/mol. The van der Waals surface area contributed by atoms with Gasteiger partial charge in [0.25, 0.3) is 0 Å². The zero-order chi connectivity index (χ0) is 46.0. The third kappa shape index (κ3) is 10.0. The number of aliphatic hydroxyl groups is 1. The second kappa shape index (κ2) is 19.8. The molecule has 3 saturated heterocycles. The summed E-state index contributed by atoms with van der Waals surface area (Å²) in [4.78, 5) is 61.9. The van der Waals surface area contributed by atoms with Crippen molar-refractivity contribution in [2.75, 3.05) is 27.2 Å². The number of rotatable bonds is 12. The summed E-state index contributed by atoms with van der Waals surface area (Å²) in [7, 11) is 3.51. The van der Waals surface area contributed by atoms with Gasteiger partial charge < -0.3 is 28.8 Å². The zero-order valence-corrected chi connectivity index (χ0v) is 38.4. The number of amides is 2. The van der Waals surface area contributed by atoms with Gasteiger partial charge in [0.05, 0.1) is 36.6 Å². The molecule has 5 heterocycles. The fraction of sp³-hybridized carbons (Fsp3) is 0.711. The number of fused-ring (bicyclic) bond motifs is 1. The third-order valence-corrected chi connectivity index (χ3v) is 13.9. The highest BCUT2D eigenvalue weighted by Gasteiger charge is 2.60. The van der Waals surface area contributed by atoms with Crippen LogP contribution in [0.3, 0.4) is 0 Å². The number of esters is 1. The SMILES string of the molecule is CC[C@H]1OC(=O)[C@H](C)C(=O)[C@H](C)[C@@H](O[C@@H]2O[C@H](C)C[C@H](N(C)Cc3ccc(-c4cn(CCCC(=O)NO)nn4)cc3)[C@H]2O)[C@@](C)(OC)C[C@@H](C)C2=NCCN3C(=O)O[C@@]1(C)[C@H]3[C@H]2C. The summed E-state index contributed by atoms with van der Waals surface area (Å²) in [6.45, 7) is 16.5. The highest BCUT2D eigenvalue weighted by Crippen LogP contribution is 2.44. The summed E-state index contributed by atoms with van der Waals surface area (Å²) in [5, 5.41) is 29.2. The number of ketones is 1. The molecule has 4 aliphatic rings. The van der Waals surface area contributed by atoms with Crippen LogP contribution in [-0.4, -0.2) is 146 Å². The lowest BCUT2D eigenvalue weighted by Crippen LogP contribution is -2.60. The maximum absolute atomic E-state index is 14.5. The number of aromatic nitrogens is 3. The van der Waals surface area contributed by atoms with E-state index in [0.717, 1.165) is 16.8 Å². The van der Waals surface area contributed by atoms with Crippen LogP contribution in [0.4, 0.5) is 4.79 Å². The lowest BCUT2D eigenvalue weighted by Gasteiger charge is -2.47. The molecule has 18 nitrogen and oxygen atoms in total. The largest absolute Gasteiger partial charge is 0.458 e. The minimum atomic E-state index is -1.19. The summed E-state index contributed by atoms with van der Waals surface area (Å²) in [5.41, 5.74) is 2.70. The van der Waals surface area contributed by atoms with E-state index in [0.29, 0.717) is 57.6 Å². The second-order valence-corrected chi connectivity index (χ2v) is 18.4. The Morgan fingerprint density at radius 3 is 2.46 bits per heavy atom. The van der Waals surface area contributed by atoms with Crippen LogP contribution in [0, 0.1) is 23.7 Å². The Morgan fingerprint density at radius 2 is 1.79 bits per heavy atom. The van der Waals surface area contributed by atoms with Crippen LogP contribution in [-0.2, 0) is 51.2 Å². The number of likely N-dealkylation sites (N-methyl/N-ethyl adjacent to an activating group) is 1. The summed E-state index contributed by atoms with van der Waals surface area (Å²) in [6.07, 6.45) is -1.18. The number of aliphatic hydroxyl groups excluding tert-OH is 1. The van der Waals surface area contributed by atoms with Crippen molar-refractivity contribution in [3.05, 3.63) is 36.0 Å². The number of nitrogens with zero attached hydrogens (tertiary/aromatic N) is 6. The Kier molecular flexibility index (Phi) is 15.1. The molecule has 1 aromatic heterocycles. The summed E-state index contributed by atoms with van der Waals surface area (Å²) in [6, 6.07) is 7.04. The first-order chi connectivity index (χ1) is 29.8. The van der Waals surface area contributed by atoms with Crippen LogP contribution in [0.15, 0.2) is 35.5 Å². The van der Waals surface area contributed by atoms with Crippen molar-refractivity contribution in [2.45, 2.75) is 155 Å². The molecular formula is C45H67N7O11. The summed E-state index contributed by atoms with van der Waals surface area (Å²) in [5.74, 6) is -4.19. The molecule has 0 radical (unpaired) electrons. The molecule has 0 saturated carbocycles. The van der Waals surface area contributed by atoms with Gasteiger partial charge in [-0.15, -0.1) is 5.10 Å². The molecule has 0 spiro atoms. The Morgan fingerprint density at radius 1 is 1.08 bits per heavy atom. The fourth-order valence-corrected chi connectivity index (χ4v) is 10.4. The molecule has 2 amide bonds. The number of carbonyl (C=O) groups excluding carboxylic acids is 4. The van der Waals surface area contributed by atoms with E-state index in [2.05, 4.69) is 22.1 Å². The van der Waals surface area contributed by atoms with Crippen LogP contribution in [0.25, 0.3) is 11.3 Å². The molecule has 18 heteroatoms. The minimum absolute atomic E-state index is 0.167. The van der Waals surface area contributed by atoms with Gasteiger partial charge >= 0.3 is 12.1 Å². The smallest absolute Gasteiger partial charge is 0.410 e. The Labute approximate surface area is 369 Å². The van der Waals surface area contributed by atoms with Crippen LogP contribution < -0.4 is 5.48 Å². The first-order valence-corrected chi connectivity index (χ1v) is 22.3. The van der Waals surface area contributed by atoms with Crippen LogP contribution in [0.1, 0.15) is 93.1 Å². The Hall–Kier alpha value is -4.33. The molecule has 2 aromatic rings. The number of carbonyl (C=O) groups is 4. The highest BCUT2D eigenvalue weighted by molar-refractivity contribution is 6.00. The number of cyclic esters (lactones) is 1. The van der Waals surface area contributed by atoms with E-state index in [-0.39, 0.29) is 24.4 Å². The average Bonchev–Trinajstić information content (AvgIpc) is 3.77. The molecule has 1 aromatic carbocycles. The van der Waals surface area contributed by atoms with Crippen molar-refractivity contribution >= 4 is 29.5 Å². The summed E-state index contributed by atoms with van der Waals surface area (Å²) >= 11 is 0. The zero-order valence-electron chi connectivity index (χ0n) is 38.4. The number of benzene rings is 1. The number of Topliss-reactive ketones (excluding diaryl/α,β-unsaturated/α-hetero) is 1. The van der Waals surface area contributed by atoms with Crippen molar-refractivity contribution in [1.82, 2.24) is 30.3 Å².